The minimum atomic E-state index is -1.08. The van der Waals surface area contributed by atoms with Gasteiger partial charge in [-0.1, -0.05) is 30.3 Å². The van der Waals surface area contributed by atoms with Crippen LogP contribution in [0.3, 0.4) is 0 Å². The number of benzene rings is 1. The molecule has 94 valence electrons. The first-order chi connectivity index (χ1) is 8.13. The van der Waals surface area contributed by atoms with Crippen LogP contribution in [0.25, 0.3) is 0 Å². The summed E-state index contributed by atoms with van der Waals surface area (Å²) in [7, 11) is 0. The lowest BCUT2D eigenvalue weighted by Crippen LogP contribution is -2.36. The van der Waals surface area contributed by atoms with Crippen LogP contribution in [-0.2, 0) is 6.54 Å². The minimum absolute atomic E-state index is 0.00475. The topological polar surface area (TPSA) is 81.0 Å². The Bertz CT molecular complexity index is 342. The second kappa shape index (κ2) is 6.88. The molecule has 0 bridgehead atoms. The molecule has 0 spiro atoms. The quantitative estimate of drug-likeness (QED) is 0.689. The molecule has 17 heavy (non-hydrogen) atoms. The molecule has 0 aromatic heterocycles. The van der Waals surface area contributed by atoms with E-state index in [1.807, 2.05) is 30.3 Å². The van der Waals surface area contributed by atoms with Crippen molar-refractivity contribution in [1.82, 2.24) is 4.90 Å². The Morgan fingerprint density at radius 1 is 1.29 bits per heavy atom. The van der Waals surface area contributed by atoms with Crippen molar-refractivity contribution in [3.8, 4) is 0 Å². The summed E-state index contributed by atoms with van der Waals surface area (Å²) in [6, 6.07) is 9.18. The molecule has 0 aliphatic rings. The van der Waals surface area contributed by atoms with E-state index in [1.165, 1.54) is 0 Å². The largest absolute Gasteiger partial charge is 0.465 e. The Hall–Kier alpha value is -1.59. The zero-order valence-corrected chi connectivity index (χ0v) is 9.49. The number of carboxylic acid groups (broad SMARTS) is 1. The molecule has 0 saturated carbocycles. The number of rotatable bonds is 6. The van der Waals surface area contributed by atoms with Crippen LogP contribution in [0.1, 0.15) is 12.0 Å². The first-order valence-corrected chi connectivity index (χ1v) is 5.44. The molecule has 3 N–H and O–H groups in total. The molecule has 0 radical (unpaired) electrons. The van der Waals surface area contributed by atoms with Gasteiger partial charge in [0, 0.05) is 13.2 Å². The first kappa shape index (κ1) is 13.5. The third-order valence-electron chi connectivity index (χ3n) is 2.38. The number of carbonyl (C=O) groups is 1. The number of aliphatic hydroxyl groups excluding tert-OH is 2. The van der Waals surface area contributed by atoms with Crippen LogP contribution in [0.15, 0.2) is 30.3 Å². The predicted molar refractivity (Wildman–Crippen MR) is 62.6 cm³/mol. The lowest BCUT2D eigenvalue weighted by atomic mass is 10.2. The van der Waals surface area contributed by atoms with Crippen LogP contribution < -0.4 is 0 Å². The maximum absolute atomic E-state index is 11.0. The summed E-state index contributed by atoms with van der Waals surface area (Å²) in [5.41, 5.74) is 0.867. The molecule has 0 unspecified atom stereocenters. The number of aliphatic hydroxyl groups is 2. The molecule has 0 heterocycles. The molecule has 0 fully saturated rings. The van der Waals surface area contributed by atoms with Crippen molar-refractivity contribution in [2.24, 2.45) is 0 Å². The number of amides is 1. The molecule has 1 aromatic carbocycles. The Morgan fingerprint density at radius 2 is 1.94 bits per heavy atom. The predicted octanol–water partition coefficient (Wildman–Crippen LogP) is 0.910. The van der Waals surface area contributed by atoms with Gasteiger partial charge in [0.15, 0.2) is 0 Å². The van der Waals surface area contributed by atoms with E-state index in [2.05, 4.69) is 0 Å². The van der Waals surface area contributed by atoms with E-state index in [9.17, 15) is 9.90 Å². The van der Waals surface area contributed by atoms with Crippen molar-refractivity contribution in [3.05, 3.63) is 35.9 Å². The average Bonchev–Trinajstić information content (AvgIpc) is 2.29. The molecule has 5 nitrogen and oxygen atoms in total. The molecular weight excluding hydrogens is 222 g/mol. The second-order valence-electron chi connectivity index (χ2n) is 3.81. The average molecular weight is 239 g/mol. The first-order valence-electron chi connectivity index (χ1n) is 5.44. The lowest BCUT2D eigenvalue weighted by Gasteiger charge is -2.22. The summed E-state index contributed by atoms with van der Waals surface area (Å²) < 4.78 is 0. The Kier molecular flexibility index (Phi) is 5.45. The van der Waals surface area contributed by atoms with Gasteiger partial charge >= 0.3 is 6.09 Å². The van der Waals surface area contributed by atoms with Gasteiger partial charge in [0.25, 0.3) is 0 Å². The van der Waals surface area contributed by atoms with Crippen LogP contribution >= 0.6 is 0 Å². The Balaban J connectivity index is 2.58. The van der Waals surface area contributed by atoms with E-state index in [1.54, 1.807) is 0 Å². The van der Waals surface area contributed by atoms with Crippen molar-refractivity contribution in [1.29, 1.82) is 0 Å². The summed E-state index contributed by atoms with van der Waals surface area (Å²) in [6.45, 7) is 0.0867. The van der Waals surface area contributed by atoms with Gasteiger partial charge < -0.3 is 20.2 Å². The van der Waals surface area contributed by atoms with Crippen LogP contribution in [0.4, 0.5) is 4.79 Å². The van der Waals surface area contributed by atoms with Gasteiger partial charge in [0.1, 0.15) is 0 Å². The second-order valence-corrected chi connectivity index (χ2v) is 3.81. The maximum atomic E-state index is 11.0. The molecule has 1 atom stereocenters. The fourth-order valence-electron chi connectivity index (χ4n) is 1.51. The summed E-state index contributed by atoms with van der Waals surface area (Å²) in [5.74, 6) is 0. The van der Waals surface area contributed by atoms with Gasteiger partial charge in [-0.05, 0) is 12.0 Å². The van der Waals surface area contributed by atoms with Crippen LogP contribution in [0.5, 0.6) is 0 Å². The highest BCUT2D eigenvalue weighted by Crippen LogP contribution is 2.06. The van der Waals surface area contributed by atoms with Crippen molar-refractivity contribution >= 4 is 6.09 Å². The highest BCUT2D eigenvalue weighted by atomic mass is 16.4. The van der Waals surface area contributed by atoms with Gasteiger partial charge in [0.05, 0.1) is 12.6 Å². The lowest BCUT2D eigenvalue weighted by molar-refractivity contribution is 0.0775. The van der Waals surface area contributed by atoms with Gasteiger partial charge in [-0.3, -0.25) is 0 Å². The normalized spacial score (nSPS) is 12.1. The smallest absolute Gasteiger partial charge is 0.407 e. The van der Waals surface area contributed by atoms with Gasteiger partial charge in [-0.2, -0.15) is 0 Å². The van der Waals surface area contributed by atoms with Crippen LogP contribution in [0, 0.1) is 0 Å². The molecular formula is C12H17NO4. The van der Waals surface area contributed by atoms with Crippen molar-refractivity contribution in [2.75, 3.05) is 13.2 Å². The van der Waals surface area contributed by atoms with Crippen LogP contribution in [0.2, 0.25) is 0 Å². The van der Waals surface area contributed by atoms with E-state index in [4.69, 9.17) is 10.2 Å². The molecule has 0 aliphatic heterocycles. The maximum Gasteiger partial charge on any atom is 0.407 e. The third-order valence-corrected chi connectivity index (χ3v) is 2.38. The Labute approximate surface area is 99.9 Å². The van der Waals surface area contributed by atoms with Crippen LogP contribution in [-0.4, -0.2) is 45.6 Å². The highest BCUT2D eigenvalue weighted by Gasteiger charge is 2.16. The van der Waals surface area contributed by atoms with Gasteiger partial charge in [0.2, 0.25) is 0 Å². The highest BCUT2D eigenvalue weighted by molar-refractivity contribution is 5.65. The third kappa shape index (κ3) is 4.84. The summed E-state index contributed by atoms with van der Waals surface area (Å²) in [5, 5.41) is 27.1. The van der Waals surface area contributed by atoms with E-state index < -0.39 is 12.2 Å². The number of nitrogens with zero attached hydrogens (tertiary/aromatic N) is 1. The standard InChI is InChI=1S/C12H17NO4/c14-7-6-11(15)9-13(12(16)17)8-10-4-2-1-3-5-10/h1-5,11,14-15H,6-9H2,(H,16,17)/t11-/m0/s1. The molecule has 0 aliphatic carbocycles. The van der Waals surface area contributed by atoms with Crippen molar-refractivity contribution < 1.29 is 20.1 Å². The molecule has 1 rings (SSSR count). The van der Waals surface area contributed by atoms with Gasteiger partial charge in [-0.25, -0.2) is 4.79 Å². The SMILES string of the molecule is O=C(O)N(Cc1ccccc1)C[C@@H](O)CCO. The summed E-state index contributed by atoms with van der Waals surface area (Å²) in [4.78, 5) is 12.1. The summed E-state index contributed by atoms with van der Waals surface area (Å²) >= 11 is 0. The molecule has 1 amide bonds. The van der Waals surface area contributed by atoms with E-state index in [0.717, 1.165) is 10.5 Å². The number of hydrogen-bond donors (Lipinski definition) is 3. The molecule has 1 aromatic rings. The monoisotopic (exact) mass is 239 g/mol. The summed E-state index contributed by atoms with van der Waals surface area (Å²) in [6.07, 6.45) is -1.73. The fourth-order valence-corrected chi connectivity index (χ4v) is 1.51. The van der Waals surface area contributed by atoms with E-state index in [0.29, 0.717) is 0 Å². The van der Waals surface area contributed by atoms with E-state index >= 15 is 0 Å². The van der Waals surface area contributed by atoms with Crippen molar-refractivity contribution in [3.63, 3.8) is 0 Å². The fraction of sp³-hybridized carbons (Fsp3) is 0.417. The molecule has 5 heteroatoms. The van der Waals surface area contributed by atoms with Crippen molar-refractivity contribution in [2.45, 2.75) is 19.1 Å². The van der Waals surface area contributed by atoms with Gasteiger partial charge in [-0.15, -0.1) is 0 Å². The zero-order valence-electron chi connectivity index (χ0n) is 9.49. The minimum Gasteiger partial charge on any atom is -0.465 e. The zero-order chi connectivity index (χ0) is 12.7. The molecule has 0 saturated heterocycles. The van der Waals surface area contributed by atoms with E-state index in [-0.39, 0.29) is 26.1 Å². The number of hydrogen-bond acceptors (Lipinski definition) is 3. The Morgan fingerprint density at radius 3 is 2.47 bits per heavy atom.